The first-order valence-corrected chi connectivity index (χ1v) is 11.3. The molecule has 1 saturated heterocycles. The average Bonchev–Trinajstić information content (AvgIpc) is 2.79. The van der Waals surface area contributed by atoms with Crippen LogP contribution in [-0.2, 0) is 10.0 Å². The summed E-state index contributed by atoms with van der Waals surface area (Å²) in [6.45, 7) is 8.54. The van der Waals surface area contributed by atoms with Gasteiger partial charge >= 0.3 is 0 Å². The zero-order chi connectivity index (χ0) is 18.2. The third-order valence-electron chi connectivity index (χ3n) is 5.08. The molecule has 1 aromatic heterocycles. The lowest BCUT2D eigenvalue weighted by Gasteiger charge is -2.30. The van der Waals surface area contributed by atoms with E-state index in [2.05, 4.69) is 18.4 Å². The van der Waals surface area contributed by atoms with Crippen molar-refractivity contribution in [3.05, 3.63) is 50.7 Å². The summed E-state index contributed by atoms with van der Waals surface area (Å²) in [6, 6.07) is 6.01. The largest absolute Gasteiger partial charge is 0.244 e. The predicted octanol–water partition coefficient (Wildman–Crippen LogP) is 5.29. The normalized spacial score (nSPS) is 19.8. The molecule has 1 atom stereocenters. The Labute approximate surface area is 155 Å². The smallest absolute Gasteiger partial charge is 0.207 e. The molecule has 136 valence electrons. The zero-order valence-corrected chi connectivity index (χ0v) is 17.1. The van der Waals surface area contributed by atoms with Crippen LogP contribution in [0.4, 0.5) is 0 Å². The Kier molecular flexibility index (Phi) is 5.37. The lowest BCUT2D eigenvalue weighted by atomic mass is 10.1. The number of rotatable bonds is 3. The molecule has 1 aromatic carbocycles. The van der Waals surface area contributed by atoms with Gasteiger partial charge in [0.1, 0.15) is 0 Å². The molecule has 0 spiro atoms. The Bertz CT molecular complexity index is 845. The highest BCUT2D eigenvalue weighted by Gasteiger charge is 2.36. The highest BCUT2D eigenvalue weighted by Crippen LogP contribution is 2.39. The molecule has 2 aromatic rings. The Balaban J connectivity index is 2.12. The van der Waals surface area contributed by atoms with Crippen molar-refractivity contribution in [2.75, 3.05) is 6.54 Å². The van der Waals surface area contributed by atoms with Gasteiger partial charge in [-0.15, -0.1) is 11.3 Å². The van der Waals surface area contributed by atoms with E-state index in [1.54, 1.807) is 15.6 Å². The molecule has 0 radical (unpaired) electrons. The first-order valence-electron chi connectivity index (χ1n) is 8.96. The molecule has 25 heavy (non-hydrogen) atoms. The van der Waals surface area contributed by atoms with Crippen molar-refractivity contribution in [2.24, 2.45) is 0 Å². The van der Waals surface area contributed by atoms with Crippen LogP contribution in [0.1, 0.15) is 58.9 Å². The lowest BCUT2D eigenvalue weighted by Crippen LogP contribution is -2.35. The predicted molar refractivity (Wildman–Crippen MR) is 105 cm³/mol. The third-order valence-corrected chi connectivity index (χ3v) is 8.41. The van der Waals surface area contributed by atoms with Crippen molar-refractivity contribution in [3.63, 3.8) is 0 Å². The molecule has 0 bridgehead atoms. The third kappa shape index (κ3) is 3.55. The summed E-state index contributed by atoms with van der Waals surface area (Å²) in [5.74, 6) is 0. The minimum atomic E-state index is -3.52. The van der Waals surface area contributed by atoms with Gasteiger partial charge < -0.3 is 0 Å². The SMILES string of the molecule is Cc1cc(C)c(S(=O)(=O)N2CCCCC[C@H]2c2sccc2C)c(C)c1. The molecule has 1 fully saturated rings. The van der Waals surface area contributed by atoms with E-state index in [1.807, 2.05) is 32.9 Å². The van der Waals surface area contributed by atoms with Gasteiger partial charge in [-0.1, -0.05) is 30.5 Å². The maximum atomic E-state index is 13.6. The van der Waals surface area contributed by atoms with Gasteiger partial charge in [0.25, 0.3) is 0 Å². The minimum absolute atomic E-state index is 0.0346. The van der Waals surface area contributed by atoms with Crippen LogP contribution in [0.2, 0.25) is 0 Å². The van der Waals surface area contributed by atoms with Gasteiger partial charge in [-0.05, 0) is 68.7 Å². The van der Waals surface area contributed by atoms with E-state index >= 15 is 0 Å². The van der Waals surface area contributed by atoms with E-state index in [0.29, 0.717) is 11.4 Å². The number of nitrogens with zero attached hydrogens (tertiary/aromatic N) is 1. The number of sulfonamides is 1. The highest BCUT2D eigenvalue weighted by molar-refractivity contribution is 7.89. The monoisotopic (exact) mass is 377 g/mol. The van der Waals surface area contributed by atoms with E-state index in [-0.39, 0.29) is 6.04 Å². The van der Waals surface area contributed by atoms with Crippen molar-refractivity contribution in [1.82, 2.24) is 4.31 Å². The molecule has 0 N–H and O–H groups in total. The Morgan fingerprint density at radius 3 is 2.28 bits per heavy atom. The van der Waals surface area contributed by atoms with Gasteiger partial charge in [0, 0.05) is 11.4 Å². The van der Waals surface area contributed by atoms with E-state index in [1.165, 1.54) is 10.4 Å². The summed E-state index contributed by atoms with van der Waals surface area (Å²) in [4.78, 5) is 1.70. The number of benzene rings is 1. The standard InChI is InChI=1S/C20H27NO2S2/c1-14-12-16(3)20(17(4)13-14)25(22,23)21-10-7-5-6-8-18(21)19-15(2)9-11-24-19/h9,11-13,18H,5-8,10H2,1-4H3/t18-/m0/s1. The molecule has 0 amide bonds. The molecule has 2 heterocycles. The van der Waals surface area contributed by atoms with E-state index < -0.39 is 10.0 Å². The summed E-state index contributed by atoms with van der Waals surface area (Å²) in [5.41, 5.74) is 4.01. The topological polar surface area (TPSA) is 37.4 Å². The van der Waals surface area contributed by atoms with Crippen molar-refractivity contribution in [1.29, 1.82) is 0 Å². The zero-order valence-electron chi connectivity index (χ0n) is 15.5. The van der Waals surface area contributed by atoms with Crippen molar-refractivity contribution in [3.8, 4) is 0 Å². The second kappa shape index (κ2) is 7.22. The molecule has 3 nitrogen and oxygen atoms in total. The van der Waals surface area contributed by atoms with Crippen LogP contribution in [-0.4, -0.2) is 19.3 Å². The Morgan fingerprint density at radius 1 is 1.00 bits per heavy atom. The van der Waals surface area contributed by atoms with E-state index in [4.69, 9.17) is 0 Å². The van der Waals surface area contributed by atoms with E-state index in [9.17, 15) is 8.42 Å². The molecule has 3 rings (SSSR count). The van der Waals surface area contributed by atoms with Crippen LogP contribution < -0.4 is 0 Å². The van der Waals surface area contributed by atoms with Gasteiger partial charge in [-0.25, -0.2) is 8.42 Å². The van der Waals surface area contributed by atoms with Crippen LogP contribution in [0.3, 0.4) is 0 Å². The minimum Gasteiger partial charge on any atom is -0.207 e. The molecule has 1 aliphatic heterocycles. The number of hydrogen-bond acceptors (Lipinski definition) is 3. The lowest BCUT2D eigenvalue weighted by molar-refractivity contribution is 0.332. The summed E-state index contributed by atoms with van der Waals surface area (Å²) in [6.07, 6.45) is 4.02. The molecule has 0 saturated carbocycles. The number of hydrogen-bond donors (Lipinski definition) is 0. The summed E-state index contributed by atoms with van der Waals surface area (Å²) < 4.78 is 29.1. The molecular formula is C20H27NO2S2. The fourth-order valence-electron chi connectivity index (χ4n) is 4.05. The van der Waals surface area contributed by atoms with Crippen molar-refractivity contribution < 1.29 is 8.42 Å². The van der Waals surface area contributed by atoms with Gasteiger partial charge in [-0.3, -0.25) is 0 Å². The van der Waals surface area contributed by atoms with Crippen LogP contribution in [0, 0.1) is 27.7 Å². The van der Waals surface area contributed by atoms with Gasteiger partial charge in [0.05, 0.1) is 10.9 Å². The fraction of sp³-hybridized carbons (Fsp3) is 0.500. The second-order valence-corrected chi connectivity index (χ2v) is 9.95. The van der Waals surface area contributed by atoms with Crippen LogP contribution >= 0.6 is 11.3 Å². The summed E-state index contributed by atoms with van der Waals surface area (Å²) in [5, 5.41) is 2.07. The highest BCUT2D eigenvalue weighted by atomic mass is 32.2. The van der Waals surface area contributed by atoms with Crippen LogP contribution in [0.15, 0.2) is 28.5 Å². The quantitative estimate of drug-likeness (QED) is 0.729. The molecule has 5 heteroatoms. The first-order chi connectivity index (χ1) is 11.8. The van der Waals surface area contributed by atoms with Gasteiger partial charge in [-0.2, -0.15) is 4.31 Å². The van der Waals surface area contributed by atoms with Gasteiger partial charge in [0.15, 0.2) is 0 Å². The Morgan fingerprint density at radius 2 is 1.68 bits per heavy atom. The molecule has 1 aliphatic rings. The molecule has 0 aliphatic carbocycles. The average molecular weight is 378 g/mol. The second-order valence-electron chi connectivity index (χ2n) is 7.18. The van der Waals surface area contributed by atoms with Crippen molar-refractivity contribution in [2.45, 2.75) is 64.3 Å². The molecular weight excluding hydrogens is 350 g/mol. The maximum absolute atomic E-state index is 13.6. The summed E-state index contributed by atoms with van der Waals surface area (Å²) >= 11 is 1.69. The van der Waals surface area contributed by atoms with Gasteiger partial charge in [0.2, 0.25) is 10.0 Å². The summed E-state index contributed by atoms with van der Waals surface area (Å²) in [7, 11) is -3.52. The Hall–Kier alpha value is -1.17. The fourth-order valence-corrected chi connectivity index (χ4v) is 7.27. The molecule has 0 unspecified atom stereocenters. The first kappa shape index (κ1) is 18.6. The van der Waals surface area contributed by atoms with E-state index in [0.717, 1.165) is 42.4 Å². The van der Waals surface area contributed by atoms with Crippen LogP contribution in [0.5, 0.6) is 0 Å². The number of aryl methyl sites for hydroxylation is 4. The number of thiophene rings is 1. The van der Waals surface area contributed by atoms with Crippen molar-refractivity contribution >= 4 is 21.4 Å². The maximum Gasteiger partial charge on any atom is 0.244 e. The van der Waals surface area contributed by atoms with Crippen LogP contribution in [0.25, 0.3) is 0 Å².